The predicted molar refractivity (Wildman–Crippen MR) is 91.8 cm³/mol. The third-order valence-corrected chi connectivity index (χ3v) is 5.01. The largest absolute Gasteiger partial charge is 0.351 e. The molecule has 1 aliphatic carbocycles. The Labute approximate surface area is 140 Å². The highest BCUT2D eigenvalue weighted by molar-refractivity contribution is 6.00. The summed E-state index contributed by atoms with van der Waals surface area (Å²) in [5, 5.41) is 11.4. The van der Waals surface area contributed by atoms with Gasteiger partial charge in [-0.25, -0.2) is 0 Å². The van der Waals surface area contributed by atoms with E-state index in [1.54, 1.807) is 12.4 Å². The third-order valence-electron chi connectivity index (χ3n) is 5.01. The minimum Gasteiger partial charge on any atom is -0.351 e. The van der Waals surface area contributed by atoms with E-state index in [1.165, 1.54) is 29.5 Å². The second kappa shape index (κ2) is 6.07. The minimum atomic E-state index is -0.0719. The monoisotopic (exact) mass is 320 g/mol. The average Bonchev–Trinajstić information content (AvgIpc) is 3.02. The van der Waals surface area contributed by atoms with Crippen molar-refractivity contribution in [2.24, 2.45) is 5.41 Å². The van der Waals surface area contributed by atoms with E-state index in [4.69, 9.17) is 0 Å². The molecule has 1 N–H and O–H groups in total. The molecule has 0 atom stereocenters. The maximum absolute atomic E-state index is 12.6. The maximum Gasteiger partial charge on any atom is 0.255 e. The lowest BCUT2D eigenvalue weighted by Gasteiger charge is -2.42. The Morgan fingerprint density at radius 2 is 1.96 bits per heavy atom. The van der Waals surface area contributed by atoms with Gasteiger partial charge in [0.2, 0.25) is 0 Å². The average molecular weight is 320 g/mol. The van der Waals surface area contributed by atoms with Gasteiger partial charge in [0.25, 0.3) is 5.91 Å². The van der Waals surface area contributed by atoms with Crippen molar-refractivity contribution in [3.8, 4) is 0 Å². The smallest absolute Gasteiger partial charge is 0.255 e. The number of amides is 1. The molecular formula is C19H20N4O. The van der Waals surface area contributed by atoms with Gasteiger partial charge in [-0.1, -0.05) is 36.8 Å². The Kier molecular flexibility index (Phi) is 3.76. The van der Waals surface area contributed by atoms with Crippen LogP contribution in [-0.4, -0.2) is 27.3 Å². The standard InChI is InChI=1S/C19H20N4O/c24-18(16-13-22-23-17(16)8-4-11-21-23)20-14-19(9-5-10-19)12-15-6-2-1-3-7-15/h1-4,6-8,11,13H,5,9-10,12,14H2,(H,20,24). The normalized spacial score (nSPS) is 15.8. The molecule has 24 heavy (non-hydrogen) atoms. The van der Waals surface area contributed by atoms with E-state index in [0.717, 1.165) is 11.9 Å². The van der Waals surface area contributed by atoms with Crippen molar-refractivity contribution < 1.29 is 4.79 Å². The van der Waals surface area contributed by atoms with Gasteiger partial charge in [0, 0.05) is 12.7 Å². The van der Waals surface area contributed by atoms with E-state index < -0.39 is 0 Å². The number of hydrogen-bond donors (Lipinski definition) is 1. The van der Waals surface area contributed by atoms with Crippen LogP contribution in [0.1, 0.15) is 35.2 Å². The molecule has 0 unspecified atom stereocenters. The molecule has 5 nitrogen and oxygen atoms in total. The number of nitrogens with one attached hydrogen (secondary N) is 1. The SMILES string of the molecule is O=C(NCC1(Cc2ccccc2)CCC1)c1cnn2ncccc12. The first-order chi connectivity index (χ1) is 11.8. The van der Waals surface area contributed by atoms with Crippen LogP contribution in [0.15, 0.2) is 54.9 Å². The van der Waals surface area contributed by atoms with Crippen LogP contribution in [0.3, 0.4) is 0 Å². The highest BCUT2D eigenvalue weighted by Crippen LogP contribution is 2.43. The quantitative estimate of drug-likeness (QED) is 0.786. The van der Waals surface area contributed by atoms with Crippen LogP contribution in [0, 0.1) is 5.41 Å². The number of fused-ring (bicyclic) bond motifs is 1. The molecule has 4 rings (SSSR count). The molecule has 0 radical (unpaired) electrons. The van der Waals surface area contributed by atoms with Gasteiger partial charge >= 0.3 is 0 Å². The van der Waals surface area contributed by atoms with Crippen molar-refractivity contribution >= 4 is 11.4 Å². The Morgan fingerprint density at radius 1 is 1.12 bits per heavy atom. The Bertz CT molecular complexity index is 852. The molecule has 1 aromatic carbocycles. The second-order valence-corrected chi connectivity index (χ2v) is 6.66. The van der Waals surface area contributed by atoms with E-state index in [2.05, 4.69) is 39.8 Å². The maximum atomic E-state index is 12.6. The number of carbonyl (C=O) groups excluding carboxylic acids is 1. The molecule has 0 saturated heterocycles. The minimum absolute atomic E-state index is 0.0719. The molecule has 1 aliphatic rings. The highest BCUT2D eigenvalue weighted by atomic mass is 16.1. The van der Waals surface area contributed by atoms with Crippen molar-refractivity contribution in [3.63, 3.8) is 0 Å². The zero-order valence-electron chi connectivity index (χ0n) is 13.5. The summed E-state index contributed by atoms with van der Waals surface area (Å²) < 4.78 is 1.48. The van der Waals surface area contributed by atoms with Crippen LogP contribution in [0.5, 0.6) is 0 Å². The fourth-order valence-corrected chi connectivity index (χ4v) is 3.49. The second-order valence-electron chi connectivity index (χ2n) is 6.66. The first kappa shape index (κ1) is 14.9. The molecule has 5 heteroatoms. The van der Waals surface area contributed by atoms with Crippen LogP contribution in [0.4, 0.5) is 0 Å². The van der Waals surface area contributed by atoms with Gasteiger partial charge in [-0.2, -0.15) is 14.8 Å². The molecule has 1 saturated carbocycles. The fraction of sp³-hybridized carbons (Fsp3) is 0.316. The Balaban J connectivity index is 1.46. The number of aromatic nitrogens is 3. The lowest BCUT2D eigenvalue weighted by atomic mass is 9.65. The lowest BCUT2D eigenvalue weighted by Crippen LogP contribution is -2.43. The van der Waals surface area contributed by atoms with Crippen molar-refractivity contribution in [3.05, 3.63) is 66.0 Å². The van der Waals surface area contributed by atoms with E-state index >= 15 is 0 Å². The van der Waals surface area contributed by atoms with Crippen LogP contribution in [-0.2, 0) is 6.42 Å². The molecule has 0 bridgehead atoms. The zero-order chi connectivity index (χ0) is 16.4. The van der Waals surface area contributed by atoms with Gasteiger partial charge in [0.15, 0.2) is 0 Å². The van der Waals surface area contributed by atoms with E-state index in [-0.39, 0.29) is 11.3 Å². The lowest BCUT2D eigenvalue weighted by molar-refractivity contribution is 0.0861. The molecule has 0 aliphatic heterocycles. The van der Waals surface area contributed by atoms with E-state index in [0.29, 0.717) is 12.1 Å². The number of nitrogens with zero attached hydrogens (tertiary/aromatic N) is 3. The predicted octanol–water partition coefficient (Wildman–Crippen LogP) is 2.87. The van der Waals surface area contributed by atoms with Crippen molar-refractivity contribution in [1.82, 2.24) is 20.1 Å². The van der Waals surface area contributed by atoms with Crippen LogP contribution in [0.2, 0.25) is 0 Å². The number of rotatable bonds is 5. The topological polar surface area (TPSA) is 59.3 Å². The molecule has 122 valence electrons. The highest BCUT2D eigenvalue weighted by Gasteiger charge is 2.37. The summed E-state index contributed by atoms with van der Waals surface area (Å²) >= 11 is 0. The number of benzene rings is 1. The zero-order valence-corrected chi connectivity index (χ0v) is 13.5. The summed E-state index contributed by atoms with van der Waals surface area (Å²) in [6.45, 7) is 0.707. The Hall–Kier alpha value is -2.69. The summed E-state index contributed by atoms with van der Waals surface area (Å²) in [5.41, 5.74) is 2.85. The number of hydrogen-bond acceptors (Lipinski definition) is 3. The molecule has 1 amide bonds. The summed E-state index contributed by atoms with van der Waals surface area (Å²) in [5.74, 6) is -0.0719. The first-order valence-corrected chi connectivity index (χ1v) is 8.37. The summed E-state index contributed by atoms with van der Waals surface area (Å²) in [6.07, 6.45) is 7.83. The van der Waals surface area contributed by atoms with Gasteiger partial charge in [-0.3, -0.25) is 4.79 Å². The van der Waals surface area contributed by atoms with Crippen LogP contribution in [0.25, 0.3) is 5.52 Å². The van der Waals surface area contributed by atoms with Crippen LogP contribution < -0.4 is 5.32 Å². The molecular weight excluding hydrogens is 300 g/mol. The summed E-state index contributed by atoms with van der Waals surface area (Å²) in [4.78, 5) is 12.6. The Morgan fingerprint density at radius 3 is 2.71 bits per heavy atom. The van der Waals surface area contributed by atoms with Gasteiger partial charge in [-0.05, 0) is 42.4 Å². The molecule has 1 fully saturated rings. The fourth-order valence-electron chi connectivity index (χ4n) is 3.49. The molecule has 0 spiro atoms. The number of carbonyl (C=O) groups is 1. The first-order valence-electron chi connectivity index (χ1n) is 8.37. The van der Waals surface area contributed by atoms with Crippen molar-refractivity contribution in [1.29, 1.82) is 0 Å². The molecule has 2 heterocycles. The van der Waals surface area contributed by atoms with E-state index in [9.17, 15) is 4.79 Å². The van der Waals surface area contributed by atoms with Gasteiger partial charge in [-0.15, -0.1) is 0 Å². The summed E-state index contributed by atoms with van der Waals surface area (Å²) in [6, 6.07) is 14.2. The van der Waals surface area contributed by atoms with Gasteiger partial charge in [0.05, 0.1) is 11.8 Å². The van der Waals surface area contributed by atoms with Gasteiger partial charge < -0.3 is 5.32 Å². The third kappa shape index (κ3) is 2.77. The van der Waals surface area contributed by atoms with Crippen molar-refractivity contribution in [2.45, 2.75) is 25.7 Å². The van der Waals surface area contributed by atoms with Gasteiger partial charge in [0.1, 0.15) is 5.52 Å². The summed E-state index contributed by atoms with van der Waals surface area (Å²) in [7, 11) is 0. The molecule has 3 aromatic rings. The molecule has 2 aromatic heterocycles. The van der Waals surface area contributed by atoms with Crippen LogP contribution >= 0.6 is 0 Å². The van der Waals surface area contributed by atoms with E-state index in [1.807, 2.05) is 18.2 Å². The van der Waals surface area contributed by atoms with Crippen molar-refractivity contribution in [2.75, 3.05) is 6.54 Å².